The average molecular weight is 235 g/mol. The van der Waals surface area contributed by atoms with Gasteiger partial charge >= 0.3 is 5.97 Å². The first kappa shape index (κ1) is 13.7. The second-order valence-corrected chi connectivity index (χ2v) is 4.39. The molecule has 1 aromatic carbocycles. The van der Waals surface area contributed by atoms with E-state index in [-0.39, 0.29) is 5.97 Å². The van der Waals surface area contributed by atoms with Gasteiger partial charge in [-0.2, -0.15) is 0 Å². The molecule has 0 heterocycles. The molecule has 17 heavy (non-hydrogen) atoms. The zero-order chi connectivity index (χ0) is 12.8. The number of aryl methyl sites for hydroxylation is 3. The van der Waals surface area contributed by atoms with Gasteiger partial charge in [-0.1, -0.05) is 17.7 Å². The standard InChI is InChI=1S/C14H21NO2/c1-10-7-11(2)13(12(3)8-10)9-17-14(16)5-6-15-4/h7-8,15H,5-6,9H2,1-4H3. The lowest BCUT2D eigenvalue weighted by Crippen LogP contribution is -2.15. The Hall–Kier alpha value is -1.35. The molecule has 0 radical (unpaired) electrons. The van der Waals surface area contributed by atoms with Crippen LogP contribution in [0.5, 0.6) is 0 Å². The molecule has 0 aliphatic rings. The van der Waals surface area contributed by atoms with Crippen LogP contribution in [0.3, 0.4) is 0 Å². The number of hydrogen-bond donors (Lipinski definition) is 1. The summed E-state index contributed by atoms with van der Waals surface area (Å²) in [6, 6.07) is 4.23. The van der Waals surface area contributed by atoms with Crippen molar-refractivity contribution in [3.63, 3.8) is 0 Å². The minimum absolute atomic E-state index is 0.154. The SMILES string of the molecule is CNCCC(=O)OCc1c(C)cc(C)cc1C. The van der Waals surface area contributed by atoms with Gasteiger partial charge in [-0.15, -0.1) is 0 Å². The van der Waals surface area contributed by atoms with Crippen molar-refractivity contribution in [3.05, 3.63) is 34.4 Å². The van der Waals surface area contributed by atoms with E-state index in [0.717, 1.165) is 5.56 Å². The molecule has 0 atom stereocenters. The van der Waals surface area contributed by atoms with Gasteiger partial charge in [0.15, 0.2) is 0 Å². The molecule has 0 spiro atoms. The smallest absolute Gasteiger partial charge is 0.307 e. The molecule has 0 saturated carbocycles. The molecule has 0 fully saturated rings. The third-order valence-electron chi connectivity index (χ3n) is 2.80. The minimum Gasteiger partial charge on any atom is -0.461 e. The number of carbonyl (C=O) groups is 1. The Morgan fingerprint density at radius 1 is 1.24 bits per heavy atom. The van der Waals surface area contributed by atoms with E-state index < -0.39 is 0 Å². The average Bonchev–Trinajstić information content (AvgIpc) is 2.24. The van der Waals surface area contributed by atoms with Crippen molar-refractivity contribution < 1.29 is 9.53 Å². The summed E-state index contributed by atoms with van der Waals surface area (Å²) in [4.78, 5) is 11.4. The van der Waals surface area contributed by atoms with Crippen molar-refractivity contribution in [1.29, 1.82) is 0 Å². The number of ether oxygens (including phenoxy) is 1. The molecule has 1 aromatic rings. The number of carbonyl (C=O) groups excluding carboxylic acids is 1. The number of hydrogen-bond acceptors (Lipinski definition) is 3. The van der Waals surface area contributed by atoms with Gasteiger partial charge in [-0.25, -0.2) is 0 Å². The summed E-state index contributed by atoms with van der Waals surface area (Å²) < 4.78 is 5.25. The maximum absolute atomic E-state index is 11.4. The summed E-state index contributed by atoms with van der Waals surface area (Å²) in [6.07, 6.45) is 0.417. The summed E-state index contributed by atoms with van der Waals surface area (Å²) in [5, 5.41) is 2.93. The molecule has 0 bridgehead atoms. The number of esters is 1. The number of nitrogens with one attached hydrogen (secondary N) is 1. The van der Waals surface area contributed by atoms with Gasteiger partial charge in [0, 0.05) is 6.54 Å². The topological polar surface area (TPSA) is 38.3 Å². The Labute approximate surface area is 103 Å². The summed E-state index contributed by atoms with van der Waals surface area (Å²) in [5.74, 6) is -0.154. The van der Waals surface area contributed by atoms with Crippen LogP contribution in [0.25, 0.3) is 0 Å². The molecule has 0 aromatic heterocycles. The number of benzene rings is 1. The summed E-state index contributed by atoms with van der Waals surface area (Å²) in [7, 11) is 1.82. The Morgan fingerprint density at radius 3 is 2.35 bits per heavy atom. The minimum atomic E-state index is -0.154. The van der Waals surface area contributed by atoms with E-state index in [1.54, 1.807) is 0 Å². The first-order valence-electron chi connectivity index (χ1n) is 5.91. The van der Waals surface area contributed by atoms with Crippen molar-refractivity contribution in [2.24, 2.45) is 0 Å². The van der Waals surface area contributed by atoms with Crippen LogP contribution in [0, 0.1) is 20.8 Å². The monoisotopic (exact) mass is 235 g/mol. The predicted octanol–water partition coefficient (Wildman–Crippen LogP) is 2.26. The predicted molar refractivity (Wildman–Crippen MR) is 69.0 cm³/mol. The highest BCUT2D eigenvalue weighted by Crippen LogP contribution is 2.17. The van der Waals surface area contributed by atoms with Gasteiger partial charge in [-0.3, -0.25) is 4.79 Å². The fourth-order valence-electron chi connectivity index (χ4n) is 1.89. The highest BCUT2D eigenvalue weighted by molar-refractivity contribution is 5.69. The molecule has 1 N–H and O–H groups in total. The Balaban J connectivity index is 2.60. The highest BCUT2D eigenvalue weighted by atomic mass is 16.5. The molecular formula is C14H21NO2. The van der Waals surface area contributed by atoms with E-state index in [4.69, 9.17) is 4.74 Å². The molecule has 0 aliphatic heterocycles. The van der Waals surface area contributed by atoms with Crippen molar-refractivity contribution in [2.75, 3.05) is 13.6 Å². The molecule has 0 saturated heterocycles. The first-order valence-corrected chi connectivity index (χ1v) is 5.91. The van der Waals surface area contributed by atoms with Crippen LogP contribution in [0.1, 0.15) is 28.7 Å². The normalized spacial score (nSPS) is 10.4. The Kier molecular flexibility index (Phi) is 5.16. The molecule has 0 aliphatic carbocycles. The van der Waals surface area contributed by atoms with Gasteiger partial charge < -0.3 is 10.1 Å². The summed E-state index contributed by atoms with van der Waals surface area (Å²) in [6.45, 7) is 7.21. The summed E-state index contributed by atoms with van der Waals surface area (Å²) >= 11 is 0. The van der Waals surface area contributed by atoms with Crippen molar-refractivity contribution in [3.8, 4) is 0 Å². The summed E-state index contributed by atoms with van der Waals surface area (Å²) in [5.41, 5.74) is 4.73. The zero-order valence-corrected chi connectivity index (χ0v) is 11.1. The lowest BCUT2D eigenvalue weighted by Gasteiger charge is -2.11. The van der Waals surface area contributed by atoms with Crippen LogP contribution < -0.4 is 5.32 Å². The van der Waals surface area contributed by atoms with E-state index in [1.807, 2.05) is 7.05 Å². The maximum Gasteiger partial charge on any atom is 0.307 e. The quantitative estimate of drug-likeness (QED) is 0.796. The van der Waals surface area contributed by atoms with Crippen LogP contribution in [0.15, 0.2) is 12.1 Å². The fraction of sp³-hybridized carbons (Fsp3) is 0.500. The van der Waals surface area contributed by atoms with E-state index in [9.17, 15) is 4.79 Å². The lowest BCUT2D eigenvalue weighted by atomic mass is 10.0. The third-order valence-corrected chi connectivity index (χ3v) is 2.80. The van der Waals surface area contributed by atoms with Gasteiger partial charge in [0.05, 0.1) is 6.42 Å². The van der Waals surface area contributed by atoms with Crippen LogP contribution in [0.2, 0.25) is 0 Å². The largest absolute Gasteiger partial charge is 0.461 e. The molecule has 3 nitrogen and oxygen atoms in total. The van der Waals surface area contributed by atoms with Gasteiger partial charge in [0.25, 0.3) is 0 Å². The van der Waals surface area contributed by atoms with E-state index in [0.29, 0.717) is 19.6 Å². The Morgan fingerprint density at radius 2 is 1.82 bits per heavy atom. The molecule has 0 unspecified atom stereocenters. The molecular weight excluding hydrogens is 214 g/mol. The van der Waals surface area contributed by atoms with Crippen molar-refractivity contribution in [1.82, 2.24) is 5.32 Å². The van der Waals surface area contributed by atoms with Gasteiger partial charge in [0.2, 0.25) is 0 Å². The fourth-order valence-corrected chi connectivity index (χ4v) is 1.89. The van der Waals surface area contributed by atoms with E-state index in [2.05, 4.69) is 38.2 Å². The second-order valence-electron chi connectivity index (χ2n) is 4.39. The van der Waals surface area contributed by atoms with Gasteiger partial charge in [0.1, 0.15) is 6.61 Å². The lowest BCUT2D eigenvalue weighted by molar-refractivity contribution is -0.144. The highest BCUT2D eigenvalue weighted by Gasteiger charge is 2.07. The molecule has 0 amide bonds. The van der Waals surface area contributed by atoms with E-state index >= 15 is 0 Å². The van der Waals surface area contributed by atoms with Crippen LogP contribution in [-0.4, -0.2) is 19.6 Å². The molecule has 3 heteroatoms. The van der Waals surface area contributed by atoms with E-state index in [1.165, 1.54) is 16.7 Å². The second kappa shape index (κ2) is 6.40. The maximum atomic E-state index is 11.4. The van der Waals surface area contributed by atoms with Crippen molar-refractivity contribution >= 4 is 5.97 Å². The molecule has 1 rings (SSSR count). The van der Waals surface area contributed by atoms with Crippen molar-refractivity contribution in [2.45, 2.75) is 33.8 Å². The van der Waals surface area contributed by atoms with Crippen LogP contribution in [-0.2, 0) is 16.1 Å². The third kappa shape index (κ3) is 4.19. The van der Waals surface area contributed by atoms with Crippen LogP contribution in [0.4, 0.5) is 0 Å². The first-order chi connectivity index (χ1) is 8.04. The molecule has 94 valence electrons. The van der Waals surface area contributed by atoms with Gasteiger partial charge in [-0.05, 0) is 44.5 Å². The zero-order valence-electron chi connectivity index (χ0n) is 11.1. The number of rotatable bonds is 5. The van der Waals surface area contributed by atoms with Crippen LogP contribution >= 0.6 is 0 Å². The Bertz CT molecular complexity index is 376.